The summed E-state index contributed by atoms with van der Waals surface area (Å²) >= 11 is 3.46. The molecule has 26 heavy (non-hydrogen) atoms. The first kappa shape index (κ1) is 19.1. The summed E-state index contributed by atoms with van der Waals surface area (Å²) in [5.41, 5.74) is 0.846. The summed E-state index contributed by atoms with van der Waals surface area (Å²) in [5.74, 6) is -0.165. The predicted molar refractivity (Wildman–Crippen MR) is 93.3 cm³/mol. The molecule has 140 valence electrons. The van der Waals surface area contributed by atoms with Gasteiger partial charge in [0.05, 0.1) is 19.2 Å². The number of hydrogen-bond acceptors (Lipinski definition) is 2. The van der Waals surface area contributed by atoms with Crippen LogP contribution in [0.5, 0.6) is 0 Å². The number of hydrogen-bond donors (Lipinski definition) is 0. The number of halogens is 4. The molecular formula is C18H19BrF3N2O2+. The number of amides is 1. The summed E-state index contributed by atoms with van der Waals surface area (Å²) in [6, 6.07) is 11.2. The smallest absolute Gasteiger partial charge is 0.368 e. The quantitative estimate of drug-likeness (QED) is 0.418. The van der Waals surface area contributed by atoms with Gasteiger partial charge in [-0.05, 0) is 33.6 Å². The van der Waals surface area contributed by atoms with E-state index in [-0.39, 0.29) is 40.3 Å². The minimum atomic E-state index is -4.55. The van der Waals surface area contributed by atoms with Crippen molar-refractivity contribution in [3.8, 4) is 0 Å². The number of morpholine rings is 1. The van der Waals surface area contributed by atoms with Gasteiger partial charge in [-0.15, -0.1) is 13.2 Å². The average Bonchev–Trinajstić information content (AvgIpc) is 3.08. The first-order chi connectivity index (χ1) is 12.2. The Morgan fingerprint density at radius 1 is 1.23 bits per heavy atom. The van der Waals surface area contributed by atoms with Gasteiger partial charge in [-0.1, -0.05) is 30.3 Å². The SMILES string of the molecule is C[N+]1(C(=O)Cc2ccccc2)C(Br)COCC1c1cccn1C(F)(F)F. The Morgan fingerprint density at radius 3 is 2.58 bits per heavy atom. The van der Waals surface area contributed by atoms with Gasteiger partial charge in [0, 0.05) is 6.20 Å². The number of alkyl halides is 4. The predicted octanol–water partition coefficient (Wildman–Crippen LogP) is 3.97. The summed E-state index contributed by atoms with van der Waals surface area (Å²) in [7, 11) is 1.67. The maximum absolute atomic E-state index is 13.4. The van der Waals surface area contributed by atoms with Gasteiger partial charge in [-0.3, -0.25) is 4.57 Å². The van der Waals surface area contributed by atoms with E-state index in [1.165, 1.54) is 12.1 Å². The molecule has 2 heterocycles. The van der Waals surface area contributed by atoms with E-state index in [4.69, 9.17) is 4.74 Å². The van der Waals surface area contributed by atoms with E-state index in [1.807, 2.05) is 30.3 Å². The van der Waals surface area contributed by atoms with E-state index in [9.17, 15) is 18.0 Å². The second-order valence-electron chi connectivity index (χ2n) is 6.46. The number of nitrogens with zero attached hydrogens (tertiary/aromatic N) is 2. The number of likely N-dealkylation sites (N-methyl/N-ethyl adjacent to an activating group) is 1. The van der Waals surface area contributed by atoms with Gasteiger partial charge in [-0.25, -0.2) is 9.28 Å². The van der Waals surface area contributed by atoms with Crippen LogP contribution in [0.4, 0.5) is 13.2 Å². The van der Waals surface area contributed by atoms with Crippen LogP contribution in [0.15, 0.2) is 48.7 Å². The van der Waals surface area contributed by atoms with Crippen LogP contribution in [0.2, 0.25) is 0 Å². The Hall–Kier alpha value is -1.64. The number of rotatable bonds is 3. The van der Waals surface area contributed by atoms with Gasteiger partial charge >= 0.3 is 12.2 Å². The van der Waals surface area contributed by atoms with Crippen molar-refractivity contribution in [2.75, 3.05) is 20.3 Å². The Bertz CT molecular complexity index is 778. The second-order valence-corrected chi connectivity index (χ2v) is 7.52. The molecule has 0 aliphatic carbocycles. The fourth-order valence-corrected chi connectivity index (χ4v) is 4.01. The molecule has 3 atom stereocenters. The summed E-state index contributed by atoms with van der Waals surface area (Å²) in [6.45, 7) is 0.291. The van der Waals surface area contributed by atoms with Crippen LogP contribution in [-0.2, 0) is 22.3 Å². The molecule has 8 heteroatoms. The molecule has 0 bridgehead atoms. The highest BCUT2D eigenvalue weighted by molar-refractivity contribution is 9.09. The van der Waals surface area contributed by atoms with Crippen molar-refractivity contribution in [1.82, 2.24) is 4.57 Å². The molecule has 1 amide bonds. The number of quaternary nitrogens is 1. The Balaban J connectivity index is 1.98. The zero-order chi connectivity index (χ0) is 18.9. The summed E-state index contributed by atoms with van der Waals surface area (Å²) in [6.07, 6.45) is -3.44. The van der Waals surface area contributed by atoms with E-state index in [0.717, 1.165) is 11.8 Å². The van der Waals surface area contributed by atoms with Crippen LogP contribution in [0.1, 0.15) is 17.3 Å². The Labute approximate surface area is 157 Å². The van der Waals surface area contributed by atoms with Crippen LogP contribution >= 0.6 is 15.9 Å². The van der Waals surface area contributed by atoms with Crippen LogP contribution in [0.3, 0.4) is 0 Å². The average molecular weight is 432 g/mol. The van der Waals surface area contributed by atoms with E-state index in [2.05, 4.69) is 15.9 Å². The number of carbonyl (C=O) groups excluding carboxylic acids is 1. The fourth-order valence-electron chi connectivity index (χ4n) is 3.31. The van der Waals surface area contributed by atoms with Crippen molar-refractivity contribution in [2.24, 2.45) is 0 Å². The van der Waals surface area contributed by atoms with Crippen LogP contribution < -0.4 is 0 Å². The lowest BCUT2D eigenvalue weighted by Crippen LogP contribution is -2.62. The molecule has 3 rings (SSSR count). The van der Waals surface area contributed by atoms with Crippen LogP contribution in [-0.4, -0.2) is 40.2 Å². The van der Waals surface area contributed by atoms with Gasteiger partial charge in [-0.2, -0.15) is 0 Å². The molecule has 1 saturated heterocycles. The highest BCUT2D eigenvalue weighted by Gasteiger charge is 2.51. The van der Waals surface area contributed by atoms with E-state index in [0.29, 0.717) is 0 Å². The topological polar surface area (TPSA) is 31.2 Å². The summed E-state index contributed by atoms with van der Waals surface area (Å²) in [4.78, 5) is 12.7. The highest BCUT2D eigenvalue weighted by Crippen LogP contribution is 2.39. The Morgan fingerprint density at radius 2 is 1.92 bits per heavy atom. The molecule has 0 radical (unpaired) electrons. The molecule has 1 aromatic carbocycles. The first-order valence-electron chi connectivity index (χ1n) is 8.14. The number of carbonyl (C=O) groups is 1. The minimum absolute atomic E-state index is 0.0190. The highest BCUT2D eigenvalue weighted by atomic mass is 79.9. The lowest BCUT2D eigenvalue weighted by Gasteiger charge is -2.45. The minimum Gasteiger partial charge on any atom is -0.368 e. The maximum Gasteiger partial charge on any atom is 0.488 e. The van der Waals surface area contributed by atoms with Crippen LogP contribution in [0, 0.1) is 0 Å². The molecule has 1 aromatic heterocycles. The normalized spacial score (nSPS) is 26.7. The number of benzene rings is 1. The van der Waals surface area contributed by atoms with Crippen molar-refractivity contribution in [3.63, 3.8) is 0 Å². The molecular weight excluding hydrogens is 413 g/mol. The van der Waals surface area contributed by atoms with Crippen molar-refractivity contribution in [1.29, 1.82) is 0 Å². The molecule has 0 N–H and O–H groups in total. The molecule has 4 nitrogen and oxygen atoms in total. The molecule has 0 spiro atoms. The fraction of sp³-hybridized carbons (Fsp3) is 0.389. The molecule has 1 aliphatic rings. The van der Waals surface area contributed by atoms with Gasteiger partial charge in [0.25, 0.3) is 0 Å². The molecule has 3 unspecified atom stereocenters. The molecule has 1 fully saturated rings. The summed E-state index contributed by atoms with van der Waals surface area (Å²) in [5, 5.41) is 0. The largest absolute Gasteiger partial charge is 0.488 e. The molecule has 1 aliphatic heterocycles. The van der Waals surface area contributed by atoms with Crippen LogP contribution in [0.25, 0.3) is 0 Å². The van der Waals surface area contributed by atoms with Gasteiger partial charge in [0.1, 0.15) is 13.2 Å². The number of aromatic nitrogens is 1. The molecule has 2 aromatic rings. The van der Waals surface area contributed by atoms with Gasteiger partial charge < -0.3 is 4.74 Å². The van der Waals surface area contributed by atoms with E-state index >= 15 is 0 Å². The first-order valence-corrected chi connectivity index (χ1v) is 9.05. The number of ether oxygens (including phenoxy) is 1. The van der Waals surface area contributed by atoms with Crippen molar-refractivity contribution >= 4 is 21.8 Å². The van der Waals surface area contributed by atoms with Crippen molar-refractivity contribution in [2.45, 2.75) is 23.7 Å². The standard InChI is InChI=1S/C18H19BrF3N2O2/c1-24(17(25)10-13-6-3-2-4-7-13)15(11-26-12-16(24)19)14-8-5-9-23(14)18(20,21)22/h2-9,15-16H,10-12H2,1H3/q+1. The van der Waals surface area contributed by atoms with Gasteiger partial charge in [0.2, 0.25) is 0 Å². The third-order valence-electron chi connectivity index (χ3n) is 4.89. The van der Waals surface area contributed by atoms with Crippen molar-refractivity contribution in [3.05, 3.63) is 59.9 Å². The lowest BCUT2D eigenvalue weighted by molar-refractivity contribution is -0.885. The zero-order valence-corrected chi connectivity index (χ0v) is 15.7. The van der Waals surface area contributed by atoms with Crippen molar-refractivity contribution < 1.29 is 27.2 Å². The maximum atomic E-state index is 13.4. The van der Waals surface area contributed by atoms with E-state index in [1.54, 1.807) is 7.05 Å². The van der Waals surface area contributed by atoms with E-state index < -0.39 is 17.3 Å². The third-order valence-corrected chi connectivity index (χ3v) is 6.01. The zero-order valence-electron chi connectivity index (χ0n) is 14.1. The van der Waals surface area contributed by atoms with Gasteiger partial charge in [0.15, 0.2) is 11.0 Å². The monoisotopic (exact) mass is 431 g/mol. The Kier molecular flexibility index (Phi) is 5.28. The second kappa shape index (κ2) is 7.17. The molecule has 0 saturated carbocycles. The summed E-state index contributed by atoms with van der Waals surface area (Å²) < 4.78 is 45.6. The lowest BCUT2D eigenvalue weighted by atomic mass is 10.0. The third kappa shape index (κ3) is 3.45.